The Hall–Kier alpha value is -1.27. The van der Waals surface area contributed by atoms with Crippen LogP contribution in [-0.2, 0) is 12.7 Å². The lowest BCUT2D eigenvalue weighted by atomic mass is 10.2. The van der Waals surface area contributed by atoms with Crippen LogP contribution in [0.4, 0.5) is 13.2 Å². The number of nitrogens with zero attached hydrogens (tertiary/aromatic N) is 1. The van der Waals surface area contributed by atoms with E-state index in [9.17, 15) is 18.0 Å². The molecule has 0 radical (unpaired) electrons. The summed E-state index contributed by atoms with van der Waals surface area (Å²) in [5.41, 5.74) is -1.28. The molecule has 0 aliphatic heterocycles. The predicted octanol–water partition coefficient (Wildman–Crippen LogP) is 4.33. The Morgan fingerprint density at radius 1 is 1.20 bits per heavy atom. The summed E-state index contributed by atoms with van der Waals surface area (Å²) in [6.07, 6.45) is -4.59. The Kier molecular flexibility index (Phi) is 4.25. The molecule has 0 saturated heterocycles. The number of pyridine rings is 1. The topological polar surface area (TPSA) is 22.0 Å². The van der Waals surface area contributed by atoms with E-state index in [1.807, 2.05) is 0 Å². The zero-order valence-electron chi connectivity index (χ0n) is 9.92. The van der Waals surface area contributed by atoms with Crippen LogP contribution in [0.3, 0.4) is 0 Å². The highest BCUT2D eigenvalue weighted by atomic mass is 79.9. The van der Waals surface area contributed by atoms with Crippen LogP contribution in [0, 0.1) is 0 Å². The Labute approximate surface area is 125 Å². The number of hydrogen-bond acceptors (Lipinski definition) is 1. The quantitative estimate of drug-likeness (QED) is 0.775. The van der Waals surface area contributed by atoms with E-state index in [-0.39, 0.29) is 6.54 Å². The van der Waals surface area contributed by atoms with Gasteiger partial charge in [-0.15, -0.1) is 0 Å². The maximum atomic E-state index is 12.9. The van der Waals surface area contributed by atoms with Gasteiger partial charge in [0.1, 0.15) is 5.69 Å². The highest BCUT2D eigenvalue weighted by Crippen LogP contribution is 2.29. The van der Waals surface area contributed by atoms with Crippen LogP contribution in [0.25, 0.3) is 0 Å². The van der Waals surface area contributed by atoms with E-state index in [0.29, 0.717) is 19.6 Å². The minimum Gasteiger partial charge on any atom is -0.300 e. The lowest BCUT2D eigenvalue weighted by molar-refractivity contribution is -0.144. The first kappa shape index (κ1) is 15.1. The van der Waals surface area contributed by atoms with Crippen LogP contribution in [0.2, 0.25) is 5.02 Å². The molecule has 1 aromatic carbocycles. The van der Waals surface area contributed by atoms with Gasteiger partial charge in [0.15, 0.2) is 0 Å². The summed E-state index contributed by atoms with van der Waals surface area (Å²) in [6.45, 7) is -0.235. The molecular formula is C13H8BrClF3NO. The van der Waals surface area contributed by atoms with Crippen molar-refractivity contribution in [3.63, 3.8) is 0 Å². The fraction of sp³-hybridized carbons (Fsp3) is 0.154. The van der Waals surface area contributed by atoms with Crippen LogP contribution in [0.5, 0.6) is 0 Å². The Morgan fingerprint density at radius 2 is 1.90 bits per heavy atom. The van der Waals surface area contributed by atoms with Crippen molar-refractivity contribution in [3.05, 3.63) is 67.5 Å². The lowest BCUT2D eigenvalue weighted by Gasteiger charge is -2.15. The average molecular weight is 367 g/mol. The summed E-state index contributed by atoms with van der Waals surface area (Å²) in [5.74, 6) is 0. The van der Waals surface area contributed by atoms with Gasteiger partial charge in [0.05, 0.1) is 6.54 Å². The van der Waals surface area contributed by atoms with Crippen molar-refractivity contribution in [3.8, 4) is 0 Å². The number of hydrogen-bond donors (Lipinski definition) is 0. The molecule has 0 aliphatic rings. The third-order valence-electron chi connectivity index (χ3n) is 2.68. The predicted molar refractivity (Wildman–Crippen MR) is 74.0 cm³/mol. The second kappa shape index (κ2) is 5.61. The van der Waals surface area contributed by atoms with Gasteiger partial charge in [-0.25, -0.2) is 0 Å². The van der Waals surface area contributed by atoms with Crippen molar-refractivity contribution in [1.82, 2.24) is 4.57 Å². The normalized spacial score (nSPS) is 11.7. The van der Waals surface area contributed by atoms with Crippen molar-refractivity contribution >= 4 is 27.5 Å². The molecule has 0 spiro atoms. The molecule has 0 amide bonds. The molecule has 0 fully saturated rings. The minimum absolute atomic E-state index is 0.235. The molecule has 0 aliphatic carbocycles. The third kappa shape index (κ3) is 3.24. The maximum Gasteiger partial charge on any atom is 0.431 e. The van der Waals surface area contributed by atoms with E-state index in [2.05, 4.69) is 15.9 Å². The molecular weight excluding hydrogens is 358 g/mol. The van der Waals surface area contributed by atoms with E-state index in [1.54, 1.807) is 18.2 Å². The van der Waals surface area contributed by atoms with Crippen LogP contribution < -0.4 is 5.56 Å². The first-order valence-electron chi connectivity index (χ1n) is 5.50. The van der Waals surface area contributed by atoms with Gasteiger partial charge in [0, 0.05) is 15.6 Å². The molecule has 2 nitrogen and oxygen atoms in total. The van der Waals surface area contributed by atoms with Crippen molar-refractivity contribution in [2.75, 3.05) is 0 Å². The molecule has 7 heteroatoms. The van der Waals surface area contributed by atoms with Gasteiger partial charge < -0.3 is 0 Å². The average Bonchev–Trinajstić information content (AvgIpc) is 2.33. The monoisotopic (exact) mass is 365 g/mol. The summed E-state index contributed by atoms with van der Waals surface area (Å²) in [7, 11) is 0. The summed E-state index contributed by atoms with van der Waals surface area (Å²) >= 11 is 9.18. The second-order valence-electron chi connectivity index (χ2n) is 4.07. The van der Waals surface area contributed by atoms with E-state index >= 15 is 0 Å². The molecule has 106 valence electrons. The summed E-state index contributed by atoms with van der Waals surface area (Å²) < 4.78 is 40.1. The molecule has 0 unspecified atom stereocenters. The third-order valence-corrected chi connectivity index (χ3v) is 3.53. The number of rotatable bonds is 2. The van der Waals surface area contributed by atoms with Crippen molar-refractivity contribution in [2.45, 2.75) is 12.7 Å². The molecule has 1 heterocycles. The smallest absolute Gasteiger partial charge is 0.300 e. The van der Waals surface area contributed by atoms with E-state index in [0.717, 1.165) is 18.2 Å². The maximum absolute atomic E-state index is 12.9. The molecule has 0 bridgehead atoms. The van der Waals surface area contributed by atoms with Gasteiger partial charge in [-0.1, -0.05) is 39.7 Å². The zero-order valence-corrected chi connectivity index (χ0v) is 12.3. The van der Waals surface area contributed by atoms with E-state index in [4.69, 9.17) is 11.6 Å². The Bertz CT molecular complexity index is 697. The van der Waals surface area contributed by atoms with Gasteiger partial charge in [0.2, 0.25) is 0 Å². The molecule has 2 rings (SSSR count). The number of benzene rings is 1. The molecule has 20 heavy (non-hydrogen) atoms. The molecule has 1 aromatic heterocycles. The summed E-state index contributed by atoms with van der Waals surface area (Å²) in [5, 5.41) is 0.295. The van der Waals surface area contributed by atoms with Crippen molar-refractivity contribution in [2.24, 2.45) is 0 Å². The number of alkyl halides is 3. The van der Waals surface area contributed by atoms with E-state index < -0.39 is 17.4 Å². The van der Waals surface area contributed by atoms with Gasteiger partial charge in [-0.05, 0) is 23.8 Å². The fourth-order valence-electron chi connectivity index (χ4n) is 1.75. The first-order chi connectivity index (χ1) is 9.29. The van der Waals surface area contributed by atoms with E-state index in [1.165, 1.54) is 0 Å². The highest BCUT2D eigenvalue weighted by Gasteiger charge is 2.34. The number of aromatic nitrogens is 1. The largest absolute Gasteiger partial charge is 0.431 e. The Morgan fingerprint density at radius 3 is 2.50 bits per heavy atom. The summed E-state index contributed by atoms with van der Waals surface area (Å²) in [6, 6.07) is 7.84. The van der Waals surface area contributed by atoms with Crippen molar-refractivity contribution in [1.29, 1.82) is 0 Å². The SMILES string of the molecule is O=c1cccc(C(F)(F)F)n1Cc1ccc(Br)cc1Cl. The molecule has 2 aromatic rings. The zero-order chi connectivity index (χ0) is 14.9. The fourth-order valence-corrected chi connectivity index (χ4v) is 2.48. The highest BCUT2D eigenvalue weighted by molar-refractivity contribution is 9.10. The molecule has 0 N–H and O–H groups in total. The standard InChI is InChI=1S/C13H8BrClF3NO/c14-9-5-4-8(10(15)6-9)7-19-11(13(16,17)18)2-1-3-12(19)20/h1-6H,7H2. The lowest BCUT2D eigenvalue weighted by Crippen LogP contribution is -2.27. The molecule has 0 saturated carbocycles. The van der Waals surface area contributed by atoms with Crippen molar-refractivity contribution < 1.29 is 13.2 Å². The summed E-state index contributed by atoms with van der Waals surface area (Å²) in [4.78, 5) is 11.7. The first-order valence-corrected chi connectivity index (χ1v) is 6.67. The minimum atomic E-state index is -4.59. The van der Waals surface area contributed by atoms with Gasteiger partial charge in [-0.2, -0.15) is 13.2 Å². The number of halogens is 5. The van der Waals surface area contributed by atoms with Gasteiger partial charge in [0.25, 0.3) is 5.56 Å². The molecule has 0 atom stereocenters. The van der Waals surface area contributed by atoms with Crippen LogP contribution >= 0.6 is 27.5 Å². The second-order valence-corrected chi connectivity index (χ2v) is 5.39. The van der Waals surface area contributed by atoms with Gasteiger partial charge in [-0.3, -0.25) is 9.36 Å². The van der Waals surface area contributed by atoms with Crippen LogP contribution in [-0.4, -0.2) is 4.57 Å². The van der Waals surface area contributed by atoms with Crippen LogP contribution in [0.15, 0.2) is 45.7 Å². The Balaban J connectivity index is 2.51. The van der Waals surface area contributed by atoms with Crippen LogP contribution in [0.1, 0.15) is 11.3 Å². The van der Waals surface area contributed by atoms with Gasteiger partial charge >= 0.3 is 6.18 Å².